The zero-order valence-corrected chi connectivity index (χ0v) is 11.0. The molecule has 0 bridgehead atoms. The van der Waals surface area contributed by atoms with Gasteiger partial charge in [0.15, 0.2) is 0 Å². The average molecular weight is 252 g/mol. The number of hydrogen-bond donors (Lipinski definition) is 2. The molecule has 0 aliphatic heterocycles. The number of carbonyl (C=O) groups is 1. The van der Waals surface area contributed by atoms with Crippen LogP contribution >= 0.6 is 0 Å². The molecule has 3 N–H and O–H groups in total. The average Bonchev–Trinajstić information content (AvgIpc) is 2.33. The molecule has 1 aromatic carbocycles. The first kappa shape index (κ1) is 14.3. The number of phenolic OH excluding ortho intramolecular Hbond substituents is 1. The van der Waals surface area contributed by atoms with E-state index in [1.54, 1.807) is 18.1 Å². The van der Waals surface area contributed by atoms with Gasteiger partial charge in [-0.3, -0.25) is 4.79 Å². The lowest BCUT2D eigenvalue weighted by atomic mass is 10.1. The Bertz CT molecular complexity index is 421. The third kappa shape index (κ3) is 3.13. The molecule has 5 nitrogen and oxygen atoms in total. The van der Waals surface area contributed by atoms with Gasteiger partial charge in [-0.1, -0.05) is 0 Å². The normalized spacial score (nSPS) is 12.2. The van der Waals surface area contributed by atoms with Crippen molar-refractivity contribution in [2.75, 3.05) is 26.0 Å². The molecule has 1 unspecified atom stereocenters. The minimum Gasteiger partial charge on any atom is -0.506 e. The molecule has 1 aromatic rings. The van der Waals surface area contributed by atoms with Gasteiger partial charge in [-0.25, -0.2) is 0 Å². The van der Waals surface area contributed by atoms with Crippen molar-refractivity contribution < 1.29 is 14.6 Å². The number of likely N-dealkylation sites (N-methyl/N-ethyl adjacent to an activating group) is 1. The number of methoxy groups -OCH3 is 1. The molecule has 0 aromatic heterocycles. The van der Waals surface area contributed by atoms with Crippen molar-refractivity contribution >= 4 is 11.6 Å². The highest BCUT2D eigenvalue weighted by molar-refractivity contribution is 5.95. The van der Waals surface area contributed by atoms with Gasteiger partial charge in [0, 0.05) is 19.2 Å². The van der Waals surface area contributed by atoms with Gasteiger partial charge in [0.1, 0.15) is 5.75 Å². The summed E-state index contributed by atoms with van der Waals surface area (Å²) in [6.45, 7) is 4.87. The van der Waals surface area contributed by atoms with Crippen LogP contribution in [0, 0.1) is 0 Å². The topological polar surface area (TPSA) is 75.8 Å². The molecule has 0 radical (unpaired) electrons. The number of carbonyl (C=O) groups excluding carboxylic acids is 1. The summed E-state index contributed by atoms with van der Waals surface area (Å²) in [7, 11) is 1.60. The molecule has 0 heterocycles. The van der Waals surface area contributed by atoms with E-state index >= 15 is 0 Å². The Hall–Kier alpha value is -1.75. The number of hydrogen-bond acceptors (Lipinski definition) is 4. The maximum Gasteiger partial charge on any atom is 0.254 e. The Morgan fingerprint density at radius 1 is 1.56 bits per heavy atom. The smallest absolute Gasteiger partial charge is 0.254 e. The van der Waals surface area contributed by atoms with Gasteiger partial charge in [0.25, 0.3) is 5.91 Å². The van der Waals surface area contributed by atoms with E-state index in [1.165, 1.54) is 12.1 Å². The highest BCUT2D eigenvalue weighted by Crippen LogP contribution is 2.22. The number of phenols is 1. The van der Waals surface area contributed by atoms with Gasteiger partial charge in [0.2, 0.25) is 0 Å². The monoisotopic (exact) mass is 252 g/mol. The van der Waals surface area contributed by atoms with E-state index in [-0.39, 0.29) is 23.4 Å². The highest BCUT2D eigenvalue weighted by Gasteiger charge is 2.20. The SMILES string of the molecule is CCN(C(=O)c1ccc(N)c(O)c1)C(C)COC. The molecule has 5 heteroatoms. The molecule has 0 aliphatic carbocycles. The van der Waals surface area contributed by atoms with Crippen LogP contribution in [0.2, 0.25) is 0 Å². The number of nitrogen functional groups attached to an aromatic ring is 1. The first-order valence-corrected chi connectivity index (χ1v) is 5.89. The first-order valence-electron chi connectivity index (χ1n) is 5.89. The highest BCUT2D eigenvalue weighted by atomic mass is 16.5. The van der Waals surface area contributed by atoms with E-state index in [2.05, 4.69) is 0 Å². The summed E-state index contributed by atoms with van der Waals surface area (Å²) in [5.41, 5.74) is 6.20. The van der Waals surface area contributed by atoms with Gasteiger partial charge in [-0.15, -0.1) is 0 Å². The van der Waals surface area contributed by atoms with Crippen LogP contribution in [0.5, 0.6) is 5.75 Å². The van der Waals surface area contributed by atoms with Crippen LogP contribution in [0.3, 0.4) is 0 Å². The van der Waals surface area contributed by atoms with Crippen LogP contribution in [0.15, 0.2) is 18.2 Å². The van der Waals surface area contributed by atoms with Crippen LogP contribution in [0.4, 0.5) is 5.69 Å². The van der Waals surface area contributed by atoms with Crippen molar-refractivity contribution in [3.63, 3.8) is 0 Å². The Kier molecular flexibility index (Phi) is 4.97. The lowest BCUT2D eigenvalue weighted by Crippen LogP contribution is -2.40. The van der Waals surface area contributed by atoms with Crippen LogP contribution in [-0.4, -0.2) is 42.2 Å². The molecule has 1 atom stereocenters. The lowest BCUT2D eigenvalue weighted by Gasteiger charge is -2.27. The number of nitrogens with zero attached hydrogens (tertiary/aromatic N) is 1. The summed E-state index contributed by atoms with van der Waals surface area (Å²) in [6.07, 6.45) is 0. The van der Waals surface area contributed by atoms with Gasteiger partial charge < -0.3 is 20.5 Å². The first-order chi connectivity index (χ1) is 8.51. The summed E-state index contributed by atoms with van der Waals surface area (Å²) >= 11 is 0. The van der Waals surface area contributed by atoms with Crippen molar-refractivity contribution in [1.82, 2.24) is 4.90 Å². The summed E-state index contributed by atoms with van der Waals surface area (Å²) in [4.78, 5) is 14.0. The predicted molar refractivity (Wildman–Crippen MR) is 70.6 cm³/mol. The van der Waals surface area contributed by atoms with Crippen molar-refractivity contribution in [3.8, 4) is 5.75 Å². The number of anilines is 1. The summed E-state index contributed by atoms with van der Waals surface area (Å²) in [6, 6.07) is 4.50. The van der Waals surface area contributed by atoms with E-state index in [9.17, 15) is 9.90 Å². The number of amides is 1. The fourth-order valence-electron chi connectivity index (χ4n) is 1.83. The van der Waals surface area contributed by atoms with E-state index in [4.69, 9.17) is 10.5 Å². The lowest BCUT2D eigenvalue weighted by molar-refractivity contribution is 0.0579. The molecule has 0 saturated heterocycles. The fraction of sp³-hybridized carbons (Fsp3) is 0.462. The Morgan fingerprint density at radius 2 is 2.22 bits per heavy atom. The number of rotatable bonds is 5. The van der Waals surface area contributed by atoms with E-state index in [0.717, 1.165) is 0 Å². The summed E-state index contributed by atoms with van der Waals surface area (Å²) < 4.78 is 5.05. The largest absolute Gasteiger partial charge is 0.506 e. The molecule has 0 fully saturated rings. The van der Waals surface area contributed by atoms with Crippen molar-refractivity contribution in [2.24, 2.45) is 0 Å². The van der Waals surface area contributed by atoms with E-state index < -0.39 is 0 Å². The molecule has 18 heavy (non-hydrogen) atoms. The number of aromatic hydroxyl groups is 1. The van der Waals surface area contributed by atoms with Crippen LogP contribution < -0.4 is 5.73 Å². The number of nitrogens with two attached hydrogens (primary N) is 1. The Labute approximate surface area is 107 Å². The predicted octanol–water partition coefficient (Wildman–Crippen LogP) is 1.47. The van der Waals surface area contributed by atoms with Gasteiger partial charge in [-0.05, 0) is 32.0 Å². The number of benzene rings is 1. The second-order valence-electron chi connectivity index (χ2n) is 4.17. The molecule has 0 saturated carbocycles. The third-order valence-corrected chi connectivity index (χ3v) is 2.82. The molecule has 1 rings (SSSR count). The van der Waals surface area contributed by atoms with Gasteiger partial charge >= 0.3 is 0 Å². The van der Waals surface area contributed by atoms with Crippen molar-refractivity contribution in [1.29, 1.82) is 0 Å². The second kappa shape index (κ2) is 6.26. The summed E-state index contributed by atoms with van der Waals surface area (Å²) in [5, 5.41) is 9.53. The fourth-order valence-corrected chi connectivity index (χ4v) is 1.83. The van der Waals surface area contributed by atoms with Crippen LogP contribution in [0.25, 0.3) is 0 Å². The zero-order chi connectivity index (χ0) is 13.7. The zero-order valence-electron chi connectivity index (χ0n) is 11.0. The molecular formula is C13H20N2O3. The third-order valence-electron chi connectivity index (χ3n) is 2.82. The van der Waals surface area contributed by atoms with Gasteiger partial charge in [-0.2, -0.15) is 0 Å². The van der Waals surface area contributed by atoms with Crippen molar-refractivity contribution in [3.05, 3.63) is 23.8 Å². The van der Waals surface area contributed by atoms with Crippen molar-refractivity contribution in [2.45, 2.75) is 19.9 Å². The minimum absolute atomic E-state index is 0.0211. The number of ether oxygens (including phenoxy) is 1. The molecular weight excluding hydrogens is 232 g/mol. The molecule has 100 valence electrons. The van der Waals surface area contributed by atoms with Crippen LogP contribution in [0.1, 0.15) is 24.2 Å². The standard InChI is InChI=1S/C13H20N2O3/c1-4-15(9(2)8-18-3)13(17)10-5-6-11(14)12(16)7-10/h5-7,9,16H,4,8,14H2,1-3H3. The molecule has 0 aliphatic rings. The molecule has 1 amide bonds. The maximum absolute atomic E-state index is 12.3. The quantitative estimate of drug-likeness (QED) is 0.614. The van der Waals surface area contributed by atoms with Crippen LogP contribution in [-0.2, 0) is 4.74 Å². The van der Waals surface area contributed by atoms with E-state index in [1.807, 2.05) is 13.8 Å². The second-order valence-corrected chi connectivity index (χ2v) is 4.17. The summed E-state index contributed by atoms with van der Waals surface area (Å²) in [5.74, 6) is -0.214. The Balaban J connectivity index is 2.92. The Morgan fingerprint density at radius 3 is 2.72 bits per heavy atom. The molecule has 0 spiro atoms. The minimum atomic E-state index is -0.141. The van der Waals surface area contributed by atoms with Gasteiger partial charge in [0.05, 0.1) is 18.3 Å². The van der Waals surface area contributed by atoms with E-state index in [0.29, 0.717) is 18.7 Å². The maximum atomic E-state index is 12.3.